The van der Waals surface area contributed by atoms with Crippen LogP contribution in [0.5, 0.6) is 11.5 Å². The van der Waals surface area contributed by atoms with E-state index >= 15 is 0 Å². The van der Waals surface area contributed by atoms with Crippen molar-refractivity contribution in [2.24, 2.45) is 5.92 Å². The minimum absolute atomic E-state index is 0.112. The van der Waals surface area contributed by atoms with Gasteiger partial charge in [-0.3, -0.25) is 14.5 Å². The van der Waals surface area contributed by atoms with Crippen LogP contribution in [0.1, 0.15) is 48.8 Å². The van der Waals surface area contributed by atoms with Crippen LogP contribution < -0.4 is 14.8 Å². The molecule has 3 aliphatic carbocycles. The third-order valence-corrected chi connectivity index (χ3v) is 9.71. The highest BCUT2D eigenvalue weighted by Crippen LogP contribution is 2.65. The summed E-state index contributed by atoms with van der Waals surface area (Å²) in [6, 6.07) is 11.6. The van der Waals surface area contributed by atoms with Crippen LogP contribution in [-0.2, 0) is 21.4 Å². The lowest BCUT2D eigenvalue weighted by Crippen LogP contribution is -2.81. The fourth-order valence-electron chi connectivity index (χ4n) is 7.72. The lowest BCUT2D eigenvalue weighted by Gasteiger charge is -2.65. The van der Waals surface area contributed by atoms with E-state index in [2.05, 4.69) is 16.3 Å². The van der Waals surface area contributed by atoms with E-state index in [1.54, 1.807) is 13.2 Å². The molecule has 7 heteroatoms. The molecule has 0 radical (unpaired) electrons. The number of carbonyl (C=O) groups excluding carboxylic acids is 2. The number of rotatable bonds is 6. The average molecular weight is 519 g/mol. The Hall–Kier alpha value is -2.83. The summed E-state index contributed by atoms with van der Waals surface area (Å²) in [5, 5.41) is 4.19. The zero-order chi connectivity index (χ0) is 25.4. The smallest absolute Gasteiger partial charge is 0.244 e. The van der Waals surface area contributed by atoms with Crippen molar-refractivity contribution in [2.75, 3.05) is 20.2 Å². The van der Waals surface area contributed by atoms with Gasteiger partial charge in [-0.25, -0.2) is 0 Å². The fourth-order valence-corrected chi connectivity index (χ4v) is 7.85. The quantitative estimate of drug-likeness (QED) is 0.577. The van der Waals surface area contributed by atoms with Crippen molar-refractivity contribution < 1.29 is 19.1 Å². The Morgan fingerprint density at radius 3 is 2.78 bits per heavy atom. The Morgan fingerprint density at radius 2 is 2.03 bits per heavy atom. The van der Waals surface area contributed by atoms with Gasteiger partial charge >= 0.3 is 0 Å². The maximum atomic E-state index is 13.6. The van der Waals surface area contributed by atoms with E-state index in [0.29, 0.717) is 29.4 Å². The Morgan fingerprint density at radius 1 is 1.22 bits per heavy atom. The number of nitrogens with zero attached hydrogens (tertiary/aromatic N) is 1. The van der Waals surface area contributed by atoms with Gasteiger partial charge in [0.2, 0.25) is 5.91 Å². The molecule has 37 heavy (non-hydrogen) atoms. The van der Waals surface area contributed by atoms with E-state index in [9.17, 15) is 9.59 Å². The number of hydrogen-bond donors (Lipinski definition) is 1. The van der Waals surface area contributed by atoms with Gasteiger partial charge in [0.05, 0.1) is 18.1 Å². The number of methoxy groups -OCH3 is 1. The summed E-state index contributed by atoms with van der Waals surface area (Å²) in [5.74, 6) is 2.09. The highest BCUT2D eigenvalue weighted by Gasteiger charge is 2.73. The first-order valence-electron chi connectivity index (χ1n) is 13.3. The molecule has 1 N–H and O–H groups in total. The van der Waals surface area contributed by atoms with Crippen LogP contribution in [-0.4, -0.2) is 54.5 Å². The molecule has 2 aromatic carbocycles. The van der Waals surface area contributed by atoms with Crippen LogP contribution in [0.25, 0.3) is 6.08 Å². The molecule has 5 aliphatic rings. The standard InChI is InChI=1S/C30H31ClN2O4/c1-36-23-10-7-20-16-24-30(32-25(35)11-6-18-4-8-21(31)9-5-18)13-12-22(34)28-29(30,26(20)27(23)37-28)14-15-33(24)17-19-2-3-19/h4-11,19,24,28H,2-3,12-17H2,1H3,(H,32,35)/b11-6+/t24?,28-,29?,30+/m0/s1. The molecule has 2 aromatic rings. The lowest BCUT2D eigenvalue weighted by molar-refractivity contribution is -0.148. The molecule has 2 unspecified atom stereocenters. The minimum atomic E-state index is -0.599. The van der Waals surface area contributed by atoms with Gasteiger partial charge in [0.1, 0.15) is 0 Å². The molecule has 6 nitrogen and oxygen atoms in total. The molecule has 7 rings (SSSR count). The third-order valence-electron chi connectivity index (χ3n) is 9.46. The number of amides is 1. The van der Waals surface area contributed by atoms with Crippen LogP contribution in [0.15, 0.2) is 42.5 Å². The Bertz CT molecular complexity index is 1320. The summed E-state index contributed by atoms with van der Waals surface area (Å²) in [6.07, 6.45) is 8.00. The van der Waals surface area contributed by atoms with Crippen molar-refractivity contribution in [3.05, 3.63) is 64.2 Å². The number of piperidine rings is 1. The van der Waals surface area contributed by atoms with Crippen molar-refractivity contribution in [2.45, 2.75) is 61.6 Å². The number of carbonyl (C=O) groups is 2. The van der Waals surface area contributed by atoms with E-state index in [1.807, 2.05) is 36.4 Å². The van der Waals surface area contributed by atoms with Gasteiger partial charge in [0, 0.05) is 35.7 Å². The Kier molecular flexibility index (Phi) is 5.25. The first-order valence-corrected chi connectivity index (χ1v) is 13.7. The highest BCUT2D eigenvalue weighted by atomic mass is 35.5. The topological polar surface area (TPSA) is 67.9 Å². The summed E-state index contributed by atoms with van der Waals surface area (Å²) in [7, 11) is 1.64. The number of ketones is 1. The number of nitrogens with one attached hydrogen (secondary N) is 1. The molecule has 2 saturated carbocycles. The summed E-state index contributed by atoms with van der Waals surface area (Å²) >= 11 is 6.02. The van der Waals surface area contributed by atoms with E-state index in [1.165, 1.54) is 18.4 Å². The average Bonchev–Trinajstić information content (AvgIpc) is 3.64. The largest absolute Gasteiger partial charge is 0.493 e. The summed E-state index contributed by atoms with van der Waals surface area (Å²) in [4.78, 5) is 29.7. The van der Waals surface area contributed by atoms with Crippen molar-refractivity contribution in [1.82, 2.24) is 10.2 Å². The molecule has 2 aliphatic heterocycles. The van der Waals surface area contributed by atoms with Gasteiger partial charge in [0.15, 0.2) is 23.4 Å². The third kappa shape index (κ3) is 3.34. The maximum absolute atomic E-state index is 13.6. The summed E-state index contributed by atoms with van der Waals surface area (Å²) in [5.41, 5.74) is 2.04. The van der Waals surface area contributed by atoms with Gasteiger partial charge in [-0.1, -0.05) is 29.8 Å². The predicted molar refractivity (Wildman–Crippen MR) is 141 cm³/mol. The van der Waals surface area contributed by atoms with E-state index in [4.69, 9.17) is 21.1 Å². The van der Waals surface area contributed by atoms with Gasteiger partial charge < -0.3 is 14.8 Å². The SMILES string of the molecule is COc1ccc2c3c1O[C@H]1C(=O)CC[C@@]4(NC(=O)/C=C/c5ccc(Cl)cc5)C(C2)N(CC2CC2)CCC314. The van der Waals surface area contributed by atoms with Crippen LogP contribution in [0.4, 0.5) is 0 Å². The second-order valence-electron chi connectivity index (χ2n) is 11.3. The normalized spacial score (nSPS) is 31.7. The summed E-state index contributed by atoms with van der Waals surface area (Å²) < 4.78 is 12.2. The van der Waals surface area contributed by atoms with E-state index in [0.717, 1.165) is 43.0 Å². The number of Topliss-reactive ketones (excluding diaryl/α,β-unsaturated/α-hetero) is 1. The van der Waals surface area contributed by atoms with E-state index < -0.39 is 17.1 Å². The molecular formula is C30H31ClN2O4. The van der Waals surface area contributed by atoms with Crippen molar-refractivity contribution in [3.63, 3.8) is 0 Å². The van der Waals surface area contributed by atoms with Crippen molar-refractivity contribution in [3.8, 4) is 11.5 Å². The van der Waals surface area contributed by atoms with Crippen molar-refractivity contribution >= 4 is 29.4 Å². The lowest BCUT2D eigenvalue weighted by atomic mass is 9.47. The van der Waals surface area contributed by atoms with E-state index in [-0.39, 0.29) is 17.7 Å². The predicted octanol–water partition coefficient (Wildman–Crippen LogP) is 4.32. The molecule has 2 heterocycles. The number of halogens is 1. The molecule has 3 fully saturated rings. The first kappa shape index (κ1) is 23.3. The number of ether oxygens (including phenoxy) is 2. The van der Waals surface area contributed by atoms with Crippen LogP contribution in [0, 0.1) is 5.92 Å². The molecule has 1 saturated heterocycles. The molecule has 4 atom stereocenters. The van der Waals surface area contributed by atoms with Gasteiger partial charge in [0.25, 0.3) is 0 Å². The molecule has 1 spiro atoms. The Labute approximate surface area is 222 Å². The number of benzene rings is 2. The molecule has 0 aromatic heterocycles. The Balaban J connectivity index is 1.34. The van der Waals surface area contributed by atoms with Gasteiger partial charge in [-0.15, -0.1) is 0 Å². The first-order chi connectivity index (χ1) is 17.9. The van der Waals surface area contributed by atoms with Crippen molar-refractivity contribution in [1.29, 1.82) is 0 Å². The second-order valence-corrected chi connectivity index (χ2v) is 11.8. The maximum Gasteiger partial charge on any atom is 0.244 e. The minimum Gasteiger partial charge on any atom is -0.493 e. The van der Waals surface area contributed by atoms with Gasteiger partial charge in [-0.2, -0.15) is 0 Å². The highest BCUT2D eigenvalue weighted by molar-refractivity contribution is 6.30. The monoisotopic (exact) mass is 518 g/mol. The second kappa shape index (κ2) is 8.34. The van der Waals surface area contributed by atoms with Crippen LogP contribution >= 0.6 is 11.6 Å². The molecular weight excluding hydrogens is 488 g/mol. The zero-order valence-electron chi connectivity index (χ0n) is 21.0. The summed E-state index contributed by atoms with van der Waals surface area (Å²) in [6.45, 7) is 1.96. The zero-order valence-corrected chi connectivity index (χ0v) is 21.7. The fraction of sp³-hybridized carbons (Fsp3) is 0.467. The van der Waals surface area contributed by atoms with Gasteiger partial charge in [-0.05, 0) is 80.0 Å². The molecule has 192 valence electrons. The number of hydrogen-bond acceptors (Lipinski definition) is 5. The van der Waals surface area contributed by atoms with Crippen LogP contribution in [0.3, 0.4) is 0 Å². The molecule has 2 bridgehead atoms. The van der Waals surface area contributed by atoms with Crippen LogP contribution in [0.2, 0.25) is 5.02 Å². The number of likely N-dealkylation sites (tertiary alicyclic amines) is 1. The molecule has 1 amide bonds.